The first kappa shape index (κ1) is 28.9. The van der Waals surface area contributed by atoms with Crippen LogP contribution in [-0.2, 0) is 11.2 Å². The van der Waals surface area contributed by atoms with E-state index in [1.165, 1.54) is 11.8 Å². The van der Waals surface area contributed by atoms with Gasteiger partial charge in [-0.25, -0.2) is 9.18 Å². The molecule has 3 rings (SSSR count). The Balaban J connectivity index is 1.58. The number of hydrogen-bond donors (Lipinski definition) is 3. The van der Waals surface area contributed by atoms with E-state index in [0.717, 1.165) is 22.3 Å². The van der Waals surface area contributed by atoms with Gasteiger partial charge in [0.15, 0.2) is 0 Å². The van der Waals surface area contributed by atoms with Crippen molar-refractivity contribution in [1.82, 2.24) is 5.32 Å². The monoisotopic (exact) mass is 525 g/mol. The molecule has 0 spiro atoms. The molecular weight excluding hydrogens is 489 g/mol. The lowest BCUT2D eigenvalue weighted by atomic mass is 9.94. The molecule has 2 unspecified atom stereocenters. The van der Waals surface area contributed by atoms with E-state index in [-0.39, 0.29) is 29.6 Å². The number of thioether (sulfide) groups is 1. The first-order valence-electron chi connectivity index (χ1n) is 12.3. The number of rotatable bonds is 12. The van der Waals surface area contributed by atoms with Crippen LogP contribution in [0.15, 0.2) is 65.6 Å². The van der Waals surface area contributed by atoms with E-state index in [4.69, 9.17) is 4.74 Å². The van der Waals surface area contributed by atoms with Gasteiger partial charge in [-0.1, -0.05) is 42.5 Å². The van der Waals surface area contributed by atoms with Crippen molar-refractivity contribution < 1.29 is 24.1 Å². The molecule has 0 fully saturated rings. The van der Waals surface area contributed by atoms with Crippen LogP contribution in [-0.4, -0.2) is 47.2 Å². The maximum Gasteiger partial charge on any atom is 0.335 e. The predicted molar refractivity (Wildman–Crippen MR) is 148 cm³/mol. The number of aliphatic hydroxyl groups is 1. The zero-order valence-corrected chi connectivity index (χ0v) is 22.9. The molecule has 198 valence electrons. The van der Waals surface area contributed by atoms with Crippen molar-refractivity contribution in [2.75, 3.05) is 19.4 Å². The number of halogens is 1. The van der Waals surface area contributed by atoms with E-state index >= 15 is 0 Å². The molecule has 0 saturated carbocycles. The Morgan fingerprint density at radius 2 is 1.86 bits per heavy atom. The number of benzene rings is 3. The molecule has 0 amide bonds. The molecule has 0 aliphatic rings. The summed E-state index contributed by atoms with van der Waals surface area (Å²) in [6.45, 7) is 8.26. The molecule has 2 atom stereocenters. The summed E-state index contributed by atoms with van der Waals surface area (Å²) in [5, 5.41) is 23.3. The Morgan fingerprint density at radius 1 is 1.14 bits per heavy atom. The Morgan fingerprint density at radius 3 is 2.51 bits per heavy atom. The van der Waals surface area contributed by atoms with Crippen molar-refractivity contribution in [3.63, 3.8) is 0 Å². The molecule has 0 aromatic heterocycles. The minimum atomic E-state index is -0.944. The molecule has 7 heteroatoms. The fraction of sp³-hybridized carbons (Fsp3) is 0.367. The summed E-state index contributed by atoms with van der Waals surface area (Å²) in [4.78, 5) is 12.0. The van der Waals surface area contributed by atoms with E-state index in [1.54, 1.807) is 25.1 Å². The second-order valence-electron chi connectivity index (χ2n) is 9.96. The van der Waals surface area contributed by atoms with E-state index in [1.807, 2.05) is 69.5 Å². The third-order valence-corrected chi connectivity index (χ3v) is 7.15. The van der Waals surface area contributed by atoms with Gasteiger partial charge in [-0.15, -0.1) is 11.8 Å². The van der Waals surface area contributed by atoms with Crippen LogP contribution in [0.25, 0.3) is 11.1 Å². The Labute approximate surface area is 223 Å². The fourth-order valence-corrected chi connectivity index (χ4v) is 4.83. The molecular formula is C30H36FNO4S. The number of carboxylic acid groups (broad SMARTS) is 1. The van der Waals surface area contributed by atoms with Gasteiger partial charge in [0.05, 0.1) is 24.4 Å². The molecule has 37 heavy (non-hydrogen) atoms. The van der Waals surface area contributed by atoms with Crippen molar-refractivity contribution in [2.45, 2.75) is 56.8 Å². The molecule has 0 aliphatic heterocycles. The summed E-state index contributed by atoms with van der Waals surface area (Å²) >= 11 is 1.38. The fourth-order valence-electron chi connectivity index (χ4n) is 4.38. The van der Waals surface area contributed by atoms with Crippen molar-refractivity contribution >= 4 is 17.7 Å². The van der Waals surface area contributed by atoms with E-state index in [9.17, 15) is 19.4 Å². The van der Waals surface area contributed by atoms with Gasteiger partial charge in [-0.05, 0) is 86.4 Å². The van der Waals surface area contributed by atoms with Gasteiger partial charge in [-0.3, -0.25) is 0 Å². The van der Waals surface area contributed by atoms with Crippen molar-refractivity contribution in [3.05, 3.63) is 88.7 Å². The summed E-state index contributed by atoms with van der Waals surface area (Å²) < 4.78 is 20.2. The van der Waals surface area contributed by atoms with Crippen molar-refractivity contribution in [3.8, 4) is 11.1 Å². The summed E-state index contributed by atoms with van der Waals surface area (Å²) in [5.41, 5.74) is 4.37. The SMILES string of the molecule is CSc1ccc(CC(C)(C)NCC(O)COC(C)c2ccccc2-c2ccc(C(=O)O)c(C)c2)cc1F. The number of ether oxygens (including phenoxy) is 1. The van der Waals surface area contributed by atoms with Crippen LogP contribution in [0, 0.1) is 12.7 Å². The minimum Gasteiger partial charge on any atom is -0.478 e. The molecule has 0 saturated heterocycles. The van der Waals surface area contributed by atoms with Crippen LogP contribution in [0.5, 0.6) is 0 Å². The number of aryl methyl sites for hydroxylation is 1. The van der Waals surface area contributed by atoms with Gasteiger partial charge in [0.25, 0.3) is 0 Å². The first-order chi connectivity index (χ1) is 17.5. The average Bonchev–Trinajstić information content (AvgIpc) is 2.85. The molecule has 3 aromatic rings. The lowest BCUT2D eigenvalue weighted by Crippen LogP contribution is -2.46. The number of aliphatic hydroxyl groups excluding tert-OH is 1. The number of nitrogens with one attached hydrogen (secondary N) is 1. The number of hydrogen-bond acceptors (Lipinski definition) is 5. The highest BCUT2D eigenvalue weighted by molar-refractivity contribution is 7.98. The largest absolute Gasteiger partial charge is 0.478 e. The lowest BCUT2D eigenvalue weighted by molar-refractivity contribution is -0.00397. The third kappa shape index (κ3) is 7.89. The highest BCUT2D eigenvalue weighted by Gasteiger charge is 2.21. The Bertz CT molecular complexity index is 1230. The van der Waals surface area contributed by atoms with Gasteiger partial charge >= 0.3 is 5.97 Å². The van der Waals surface area contributed by atoms with Crippen LogP contribution >= 0.6 is 11.8 Å². The van der Waals surface area contributed by atoms with E-state index in [2.05, 4.69) is 5.32 Å². The van der Waals surface area contributed by atoms with Gasteiger partial charge < -0.3 is 20.3 Å². The predicted octanol–water partition coefficient (Wildman–Crippen LogP) is 6.27. The maximum atomic E-state index is 14.1. The van der Waals surface area contributed by atoms with E-state index in [0.29, 0.717) is 23.4 Å². The van der Waals surface area contributed by atoms with Crippen LogP contribution < -0.4 is 5.32 Å². The lowest BCUT2D eigenvalue weighted by Gasteiger charge is -2.28. The molecule has 0 bridgehead atoms. The second-order valence-corrected chi connectivity index (χ2v) is 10.8. The second kappa shape index (κ2) is 12.7. The van der Waals surface area contributed by atoms with E-state index < -0.39 is 12.1 Å². The maximum absolute atomic E-state index is 14.1. The van der Waals surface area contributed by atoms with Gasteiger partial charge in [0.2, 0.25) is 0 Å². The van der Waals surface area contributed by atoms with Crippen molar-refractivity contribution in [1.29, 1.82) is 0 Å². The number of carboxylic acids is 1. The molecule has 0 radical (unpaired) electrons. The van der Waals surface area contributed by atoms with Crippen LogP contribution in [0.1, 0.15) is 53.9 Å². The topological polar surface area (TPSA) is 78.8 Å². The van der Waals surface area contributed by atoms with Gasteiger partial charge in [0.1, 0.15) is 5.82 Å². The summed E-state index contributed by atoms with van der Waals surface area (Å²) in [6, 6.07) is 18.5. The minimum absolute atomic E-state index is 0.145. The zero-order chi connectivity index (χ0) is 27.2. The normalized spacial score (nSPS) is 13.4. The number of carbonyl (C=O) groups is 1. The zero-order valence-electron chi connectivity index (χ0n) is 22.0. The van der Waals surface area contributed by atoms with Gasteiger partial charge in [-0.2, -0.15) is 0 Å². The van der Waals surface area contributed by atoms with Crippen LogP contribution in [0.4, 0.5) is 4.39 Å². The molecule has 0 heterocycles. The van der Waals surface area contributed by atoms with Crippen LogP contribution in [0.3, 0.4) is 0 Å². The Kier molecular flexibility index (Phi) is 9.90. The molecule has 0 aliphatic carbocycles. The van der Waals surface area contributed by atoms with Crippen LogP contribution in [0.2, 0.25) is 0 Å². The number of β-amino-alcohol motifs (C(OH)–C–C–N with tert-alkyl or cyclic N) is 1. The highest BCUT2D eigenvalue weighted by atomic mass is 32.2. The first-order valence-corrected chi connectivity index (χ1v) is 13.5. The Hall–Kier alpha value is -2.71. The molecule has 3 N–H and O–H groups in total. The van der Waals surface area contributed by atoms with Crippen molar-refractivity contribution in [2.24, 2.45) is 0 Å². The quantitative estimate of drug-likeness (QED) is 0.242. The third-order valence-electron chi connectivity index (χ3n) is 6.38. The average molecular weight is 526 g/mol. The summed E-state index contributed by atoms with van der Waals surface area (Å²) in [5.74, 6) is -1.16. The summed E-state index contributed by atoms with van der Waals surface area (Å²) in [7, 11) is 0. The smallest absolute Gasteiger partial charge is 0.335 e. The van der Waals surface area contributed by atoms with Gasteiger partial charge in [0, 0.05) is 17.0 Å². The molecule has 5 nitrogen and oxygen atoms in total. The summed E-state index contributed by atoms with van der Waals surface area (Å²) in [6.07, 6.45) is 1.47. The molecule has 3 aromatic carbocycles. The highest BCUT2D eigenvalue weighted by Crippen LogP contribution is 2.31. The number of aromatic carboxylic acids is 1. The standard InChI is InChI=1S/C30H36FNO4S/c1-19-14-22(11-12-24(19)29(34)35)26-9-7-6-8-25(26)20(2)36-18-23(33)17-32-30(3,4)16-21-10-13-28(37-5)27(31)15-21/h6-15,20,23,32-33H,16-18H2,1-5H3,(H,34,35).